The average Bonchev–Trinajstić information content (AvgIpc) is 3.26. The molecule has 5 nitrogen and oxygen atoms in total. The molecule has 2 amide bonds. The molecule has 33 heavy (non-hydrogen) atoms. The Balaban J connectivity index is 1.34. The van der Waals surface area contributed by atoms with Crippen LogP contribution in [0.25, 0.3) is 10.9 Å². The molecule has 0 saturated heterocycles. The molecule has 0 aliphatic rings. The summed E-state index contributed by atoms with van der Waals surface area (Å²) in [6.45, 7) is 0.432. The van der Waals surface area contributed by atoms with Crippen LogP contribution in [0, 0.1) is 0 Å². The zero-order valence-electron chi connectivity index (χ0n) is 18.6. The lowest BCUT2D eigenvalue weighted by Crippen LogP contribution is -2.47. The predicted molar refractivity (Wildman–Crippen MR) is 132 cm³/mol. The first-order chi connectivity index (χ1) is 16.2. The van der Waals surface area contributed by atoms with Crippen LogP contribution in [0.1, 0.15) is 29.5 Å². The first kappa shape index (κ1) is 22.3. The molecule has 5 heteroatoms. The third-order valence-corrected chi connectivity index (χ3v) is 5.77. The fourth-order valence-electron chi connectivity index (χ4n) is 4.01. The van der Waals surface area contributed by atoms with E-state index in [9.17, 15) is 9.59 Å². The van der Waals surface area contributed by atoms with Gasteiger partial charge in [0.15, 0.2) is 0 Å². The van der Waals surface area contributed by atoms with Crippen LogP contribution < -0.4 is 10.6 Å². The van der Waals surface area contributed by atoms with Crippen LogP contribution in [0.4, 0.5) is 0 Å². The third-order valence-electron chi connectivity index (χ3n) is 5.77. The topological polar surface area (TPSA) is 74.0 Å². The van der Waals surface area contributed by atoms with Gasteiger partial charge in [0, 0.05) is 36.5 Å². The van der Waals surface area contributed by atoms with E-state index in [1.807, 2.05) is 85.1 Å². The van der Waals surface area contributed by atoms with E-state index in [-0.39, 0.29) is 11.8 Å². The van der Waals surface area contributed by atoms with E-state index in [0.29, 0.717) is 19.4 Å². The maximum absolute atomic E-state index is 12.9. The van der Waals surface area contributed by atoms with Crippen LogP contribution in [0.15, 0.2) is 91.1 Å². The summed E-state index contributed by atoms with van der Waals surface area (Å²) in [5.41, 5.74) is 4.35. The van der Waals surface area contributed by atoms with Gasteiger partial charge in [-0.3, -0.25) is 9.59 Å². The summed E-state index contributed by atoms with van der Waals surface area (Å²) in [7, 11) is 0. The number of H-pyrrole nitrogens is 1. The van der Waals surface area contributed by atoms with Gasteiger partial charge in [-0.2, -0.15) is 0 Å². The van der Waals surface area contributed by atoms with Crippen molar-refractivity contribution in [3.05, 3.63) is 108 Å². The number of hydrogen-bond acceptors (Lipinski definition) is 2. The number of aromatic amines is 1. The van der Waals surface area contributed by atoms with E-state index in [1.165, 1.54) is 10.9 Å². The molecule has 168 valence electrons. The van der Waals surface area contributed by atoms with Crippen molar-refractivity contribution in [2.45, 2.75) is 38.3 Å². The summed E-state index contributed by atoms with van der Waals surface area (Å²) >= 11 is 0. The highest BCUT2D eigenvalue weighted by atomic mass is 16.2. The van der Waals surface area contributed by atoms with Crippen molar-refractivity contribution < 1.29 is 9.59 Å². The van der Waals surface area contributed by atoms with Crippen LogP contribution in [0.2, 0.25) is 0 Å². The van der Waals surface area contributed by atoms with Gasteiger partial charge in [0.1, 0.15) is 6.04 Å². The van der Waals surface area contributed by atoms with Crippen LogP contribution in [0.3, 0.4) is 0 Å². The molecule has 0 aliphatic carbocycles. The number of rotatable bonds is 10. The first-order valence-electron chi connectivity index (χ1n) is 11.4. The van der Waals surface area contributed by atoms with Crippen molar-refractivity contribution in [2.75, 3.05) is 0 Å². The van der Waals surface area contributed by atoms with Gasteiger partial charge in [-0.25, -0.2) is 0 Å². The minimum absolute atomic E-state index is 0.106. The number of amides is 2. The maximum Gasteiger partial charge on any atom is 0.243 e. The Hall–Kier alpha value is -3.86. The molecule has 0 bridgehead atoms. The number of carbonyl (C=O) groups excluding carboxylic acids is 2. The molecule has 0 fully saturated rings. The second-order valence-electron chi connectivity index (χ2n) is 8.23. The largest absolute Gasteiger partial charge is 0.361 e. The molecule has 0 saturated carbocycles. The Bertz CT molecular complexity index is 1190. The fraction of sp³-hybridized carbons (Fsp3) is 0.214. The van der Waals surface area contributed by atoms with E-state index in [4.69, 9.17) is 0 Å². The molecular formula is C28H29N3O2. The molecule has 4 aromatic rings. The van der Waals surface area contributed by atoms with E-state index in [0.717, 1.165) is 29.5 Å². The maximum atomic E-state index is 12.9. The van der Waals surface area contributed by atoms with E-state index in [2.05, 4.69) is 21.7 Å². The normalized spacial score (nSPS) is 11.8. The van der Waals surface area contributed by atoms with Crippen LogP contribution in [0.5, 0.6) is 0 Å². The highest BCUT2D eigenvalue weighted by Crippen LogP contribution is 2.19. The number of nitrogens with one attached hydrogen (secondary N) is 3. The quantitative estimate of drug-likeness (QED) is 0.340. The van der Waals surface area contributed by atoms with Gasteiger partial charge in [-0.1, -0.05) is 78.9 Å². The van der Waals surface area contributed by atoms with E-state index < -0.39 is 6.04 Å². The molecule has 1 unspecified atom stereocenters. The standard InChI is InChI=1S/C28H29N3O2/c32-27(17-9-14-23-20-29-25-16-8-7-15-24(23)25)31-26(18-21-10-3-1-4-11-21)28(33)30-19-22-12-5-2-6-13-22/h1-8,10-13,15-16,20,26,29H,9,14,17-19H2,(H,30,33)(H,31,32). The van der Waals surface area contributed by atoms with Crippen LogP contribution in [-0.4, -0.2) is 22.8 Å². The van der Waals surface area contributed by atoms with Crippen molar-refractivity contribution in [1.29, 1.82) is 0 Å². The summed E-state index contributed by atoms with van der Waals surface area (Å²) in [6.07, 6.45) is 4.36. The molecule has 1 aromatic heterocycles. The highest BCUT2D eigenvalue weighted by molar-refractivity contribution is 5.88. The van der Waals surface area contributed by atoms with Crippen molar-refractivity contribution in [1.82, 2.24) is 15.6 Å². The molecule has 0 aliphatic heterocycles. The van der Waals surface area contributed by atoms with Gasteiger partial charge >= 0.3 is 0 Å². The Morgan fingerprint density at radius 2 is 1.48 bits per heavy atom. The molecule has 3 N–H and O–H groups in total. The minimum Gasteiger partial charge on any atom is -0.361 e. The average molecular weight is 440 g/mol. The molecule has 0 spiro atoms. The van der Waals surface area contributed by atoms with Gasteiger partial charge in [-0.15, -0.1) is 0 Å². The summed E-state index contributed by atoms with van der Waals surface area (Å²) < 4.78 is 0. The monoisotopic (exact) mass is 439 g/mol. The number of para-hydroxylation sites is 1. The zero-order valence-corrected chi connectivity index (χ0v) is 18.6. The number of aryl methyl sites for hydroxylation is 1. The van der Waals surface area contributed by atoms with Gasteiger partial charge < -0.3 is 15.6 Å². The van der Waals surface area contributed by atoms with Crippen molar-refractivity contribution in [3.63, 3.8) is 0 Å². The minimum atomic E-state index is -0.614. The number of fused-ring (bicyclic) bond motifs is 1. The Kier molecular flexibility index (Phi) is 7.54. The molecule has 1 atom stereocenters. The molecule has 4 rings (SSSR count). The summed E-state index contributed by atoms with van der Waals surface area (Å²) in [5, 5.41) is 7.12. The number of aromatic nitrogens is 1. The Morgan fingerprint density at radius 3 is 2.24 bits per heavy atom. The number of carbonyl (C=O) groups is 2. The van der Waals surface area contributed by atoms with Gasteiger partial charge in [-0.05, 0) is 35.6 Å². The molecular weight excluding hydrogens is 410 g/mol. The van der Waals surface area contributed by atoms with E-state index >= 15 is 0 Å². The number of hydrogen-bond donors (Lipinski definition) is 3. The summed E-state index contributed by atoms with van der Waals surface area (Å²) in [4.78, 5) is 28.9. The summed E-state index contributed by atoms with van der Waals surface area (Å²) in [6, 6.07) is 27.1. The van der Waals surface area contributed by atoms with Crippen molar-refractivity contribution >= 4 is 22.7 Å². The summed E-state index contributed by atoms with van der Waals surface area (Å²) in [5.74, 6) is -0.279. The lowest BCUT2D eigenvalue weighted by Gasteiger charge is -2.19. The molecule has 1 heterocycles. The smallest absolute Gasteiger partial charge is 0.243 e. The second kappa shape index (κ2) is 11.1. The fourth-order valence-corrected chi connectivity index (χ4v) is 4.01. The SMILES string of the molecule is O=C(CCCc1c[nH]c2ccccc12)NC(Cc1ccccc1)C(=O)NCc1ccccc1. The van der Waals surface area contributed by atoms with Crippen molar-refractivity contribution in [2.24, 2.45) is 0 Å². The first-order valence-corrected chi connectivity index (χ1v) is 11.4. The Morgan fingerprint density at radius 1 is 0.818 bits per heavy atom. The molecule has 3 aromatic carbocycles. The molecule has 0 radical (unpaired) electrons. The predicted octanol–water partition coefficient (Wildman–Crippen LogP) is 4.53. The number of benzene rings is 3. The van der Waals surface area contributed by atoms with Gasteiger partial charge in [0.2, 0.25) is 11.8 Å². The third kappa shape index (κ3) is 6.32. The second-order valence-corrected chi connectivity index (χ2v) is 8.23. The highest BCUT2D eigenvalue weighted by Gasteiger charge is 2.21. The van der Waals surface area contributed by atoms with Crippen LogP contribution in [-0.2, 0) is 29.0 Å². The zero-order chi connectivity index (χ0) is 22.9. The lowest BCUT2D eigenvalue weighted by molar-refractivity contribution is -0.129. The van der Waals surface area contributed by atoms with Gasteiger partial charge in [0.25, 0.3) is 0 Å². The van der Waals surface area contributed by atoms with E-state index in [1.54, 1.807) is 0 Å². The Labute approximate surface area is 194 Å². The van der Waals surface area contributed by atoms with Gasteiger partial charge in [0.05, 0.1) is 0 Å². The van der Waals surface area contributed by atoms with Crippen molar-refractivity contribution in [3.8, 4) is 0 Å². The van der Waals surface area contributed by atoms with Crippen LogP contribution >= 0.6 is 0 Å². The lowest BCUT2D eigenvalue weighted by atomic mass is 10.0.